The summed E-state index contributed by atoms with van der Waals surface area (Å²) in [7, 11) is 2.10. The minimum absolute atomic E-state index is 0.472. The summed E-state index contributed by atoms with van der Waals surface area (Å²) in [5.41, 5.74) is 0. The SMILES string of the molecule is CCC1OCCC1C(NC)C1CCOCC1. The van der Waals surface area contributed by atoms with E-state index in [9.17, 15) is 0 Å². The molecule has 2 saturated heterocycles. The van der Waals surface area contributed by atoms with Crippen LogP contribution in [-0.4, -0.2) is 39.0 Å². The van der Waals surface area contributed by atoms with Gasteiger partial charge < -0.3 is 14.8 Å². The van der Waals surface area contributed by atoms with Gasteiger partial charge in [0.1, 0.15) is 0 Å². The van der Waals surface area contributed by atoms with Crippen LogP contribution in [-0.2, 0) is 9.47 Å². The Labute approximate surface area is 98.9 Å². The van der Waals surface area contributed by atoms with Crippen LogP contribution in [0, 0.1) is 11.8 Å². The molecule has 0 aromatic carbocycles. The highest BCUT2D eigenvalue weighted by molar-refractivity contribution is 4.90. The highest BCUT2D eigenvalue weighted by Gasteiger charge is 2.37. The molecule has 2 rings (SSSR count). The first kappa shape index (κ1) is 12.3. The molecule has 3 atom stereocenters. The van der Waals surface area contributed by atoms with Crippen LogP contribution >= 0.6 is 0 Å². The quantitative estimate of drug-likeness (QED) is 0.794. The maximum absolute atomic E-state index is 5.82. The number of hydrogen-bond acceptors (Lipinski definition) is 3. The zero-order valence-corrected chi connectivity index (χ0v) is 10.6. The van der Waals surface area contributed by atoms with Gasteiger partial charge >= 0.3 is 0 Å². The molecule has 2 heterocycles. The molecule has 3 heteroatoms. The summed E-state index contributed by atoms with van der Waals surface area (Å²) in [6, 6.07) is 0.622. The Balaban J connectivity index is 1.97. The summed E-state index contributed by atoms with van der Waals surface area (Å²) < 4.78 is 11.3. The fraction of sp³-hybridized carbons (Fsp3) is 1.00. The molecule has 2 aliphatic heterocycles. The Kier molecular flexibility index (Phi) is 4.62. The first-order chi connectivity index (χ1) is 7.86. The number of hydrogen-bond donors (Lipinski definition) is 1. The fourth-order valence-corrected chi connectivity index (χ4v) is 3.37. The van der Waals surface area contributed by atoms with Crippen molar-refractivity contribution in [3.8, 4) is 0 Å². The summed E-state index contributed by atoms with van der Waals surface area (Å²) in [6.45, 7) is 5.06. The van der Waals surface area contributed by atoms with Gasteiger partial charge in [-0.1, -0.05) is 6.92 Å². The van der Waals surface area contributed by atoms with Gasteiger partial charge in [-0.15, -0.1) is 0 Å². The van der Waals surface area contributed by atoms with E-state index in [0.29, 0.717) is 18.1 Å². The Morgan fingerprint density at radius 3 is 2.56 bits per heavy atom. The van der Waals surface area contributed by atoms with Gasteiger partial charge in [0.2, 0.25) is 0 Å². The molecule has 2 fully saturated rings. The summed E-state index contributed by atoms with van der Waals surface area (Å²) in [5.74, 6) is 1.48. The van der Waals surface area contributed by atoms with E-state index in [0.717, 1.165) is 32.2 Å². The normalized spacial score (nSPS) is 34.1. The molecule has 94 valence electrons. The topological polar surface area (TPSA) is 30.5 Å². The molecule has 0 amide bonds. The Hall–Kier alpha value is -0.120. The minimum Gasteiger partial charge on any atom is -0.381 e. The first-order valence-corrected chi connectivity index (χ1v) is 6.73. The van der Waals surface area contributed by atoms with E-state index in [1.807, 2.05) is 0 Å². The predicted molar refractivity (Wildman–Crippen MR) is 64.5 cm³/mol. The van der Waals surface area contributed by atoms with Crippen molar-refractivity contribution in [2.24, 2.45) is 11.8 Å². The molecule has 0 saturated carbocycles. The van der Waals surface area contributed by atoms with Gasteiger partial charge in [-0.3, -0.25) is 0 Å². The fourth-order valence-electron chi connectivity index (χ4n) is 3.37. The number of ether oxygens (including phenoxy) is 2. The summed E-state index contributed by atoms with van der Waals surface area (Å²) in [4.78, 5) is 0. The van der Waals surface area contributed by atoms with Gasteiger partial charge in [-0.2, -0.15) is 0 Å². The van der Waals surface area contributed by atoms with E-state index in [2.05, 4.69) is 19.3 Å². The average molecular weight is 227 g/mol. The maximum atomic E-state index is 5.82. The van der Waals surface area contributed by atoms with Gasteiger partial charge in [0, 0.05) is 31.8 Å². The van der Waals surface area contributed by atoms with E-state index < -0.39 is 0 Å². The van der Waals surface area contributed by atoms with Crippen LogP contribution in [0.2, 0.25) is 0 Å². The molecule has 0 radical (unpaired) electrons. The van der Waals surface area contributed by atoms with E-state index in [-0.39, 0.29) is 0 Å². The lowest BCUT2D eigenvalue weighted by Crippen LogP contribution is -2.45. The van der Waals surface area contributed by atoms with Crippen molar-refractivity contribution in [1.29, 1.82) is 0 Å². The van der Waals surface area contributed by atoms with Crippen molar-refractivity contribution in [3.05, 3.63) is 0 Å². The van der Waals surface area contributed by atoms with Crippen molar-refractivity contribution in [2.75, 3.05) is 26.9 Å². The molecule has 0 aromatic rings. The lowest BCUT2D eigenvalue weighted by molar-refractivity contribution is 0.0282. The molecule has 16 heavy (non-hydrogen) atoms. The summed E-state index contributed by atoms with van der Waals surface area (Å²) >= 11 is 0. The smallest absolute Gasteiger partial charge is 0.0616 e. The lowest BCUT2D eigenvalue weighted by Gasteiger charge is -2.35. The van der Waals surface area contributed by atoms with Crippen LogP contribution in [0.1, 0.15) is 32.6 Å². The van der Waals surface area contributed by atoms with Crippen LogP contribution in [0.3, 0.4) is 0 Å². The largest absolute Gasteiger partial charge is 0.381 e. The molecule has 0 bridgehead atoms. The molecular formula is C13H25NO2. The molecule has 1 N–H and O–H groups in total. The molecule has 0 aliphatic carbocycles. The summed E-state index contributed by atoms with van der Waals surface area (Å²) in [5, 5.41) is 3.54. The van der Waals surface area contributed by atoms with Crippen molar-refractivity contribution in [3.63, 3.8) is 0 Å². The monoisotopic (exact) mass is 227 g/mol. The van der Waals surface area contributed by atoms with Crippen molar-refractivity contribution in [1.82, 2.24) is 5.32 Å². The third kappa shape index (κ3) is 2.58. The van der Waals surface area contributed by atoms with Crippen molar-refractivity contribution >= 4 is 0 Å². The molecule has 3 nitrogen and oxygen atoms in total. The van der Waals surface area contributed by atoms with Crippen LogP contribution in [0.5, 0.6) is 0 Å². The van der Waals surface area contributed by atoms with Gasteiger partial charge in [0.15, 0.2) is 0 Å². The van der Waals surface area contributed by atoms with Gasteiger partial charge in [-0.25, -0.2) is 0 Å². The Morgan fingerprint density at radius 2 is 1.94 bits per heavy atom. The van der Waals surface area contributed by atoms with Crippen LogP contribution in [0.4, 0.5) is 0 Å². The predicted octanol–water partition coefficient (Wildman–Crippen LogP) is 1.82. The standard InChI is InChI=1S/C13H25NO2/c1-3-12-11(6-9-16-12)13(14-2)10-4-7-15-8-5-10/h10-14H,3-9H2,1-2H3. The second-order valence-electron chi connectivity index (χ2n) is 5.03. The van der Waals surface area contributed by atoms with E-state index in [4.69, 9.17) is 9.47 Å². The molecule has 2 aliphatic rings. The highest BCUT2D eigenvalue weighted by Crippen LogP contribution is 2.33. The highest BCUT2D eigenvalue weighted by atomic mass is 16.5. The summed E-state index contributed by atoms with van der Waals surface area (Å²) in [6.07, 6.45) is 5.25. The van der Waals surface area contributed by atoms with Gasteiger partial charge in [0.25, 0.3) is 0 Å². The van der Waals surface area contributed by atoms with Crippen molar-refractivity contribution in [2.45, 2.75) is 44.8 Å². The van der Waals surface area contributed by atoms with Crippen LogP contribution < -0.4 is 5.32 Å². The van der Waals surface area contributed by atoms with Crippen molar-refractivity contribution < 1.29 is 9.47 Å². The Morgan fingerprint density at radius 1 is 1.19 bits per heavy atom. The van der Waals surface area contributed by atoms with Crippen LogP contribution in [0.15, 0.2) is 0 Å². The van der Waals surface area contributed by atoms with Crippen LogP contribution in [0.25, 0.3) is 0 Å². The second-order valence-corrected chi connectivity index (χ2v) is 5.03. The average Bonchev–Trinajstić information content (AvgIpc) is 2.80. The molecule has 3 unspecified atom stereocenters. The first-order valence-electron chi connectivity index (χ1n) is 6.73. The molecular weight excluding hydrogens is 202 g/mol. The van der Waals surface area contributed by atoms with E-state index in [1.165, 1.54) is 19.3 Å². The maximum Gasteiger partial charge on any atom is 0.0616 e. The number of rotatable bonds is 4. The van der Waals surface area contributed by atoms with E-state index in [1.54, 1.807) is 0 Å². The third-order valence-electron chi connectivity index (χ3n) is 4.23. The molecule has 0 aromatic heterocycles. The zero-order chi connectivity index (χ0) is 11.4. The van der Waals surface area contributed by atoms with E-state index >= 15 is 0 Å². The lowest BCUT2D eigenvalue weighted by atomic mass is 9.80. The second kappa shape index (κ2) is 5.99. The zero-order valence-electron chi connectivity index (χ0n) is 10.6. The minimum atomic E-state index is 0.472. The van der Waals surface area contributed by atoms with Gasteiger partial charge in [-0.05, 0) is 38.6 Å². The molecule has 0 spiro atoms. The number of nitrogens with one attached hydrogen (secondary N) is 1. The third-order valence-corrected chi connectivity index (χ3v) is 4.23. The Bertz CT molecular complexity index is 204. The van der Waals surface area contributed by atoms with Gasteiger partial charge in [0.05, 0.1) is 6.10 Å².